The molecule has 0 aliphatic rings. The third kappa shape index (κ3) is 2.69. The van der Waals surface area contributed by atoms with Gasteiger partial charge in [0.1, 0.15) is 3.57 Å². The molecule has 0 aliphatic carbocycles. The van der Waals surface area contributed by atoms with Crippen molar-refractivity contribution in [2.24, 2.45) is 0 Å². The third-order valence-electron chi connectivity index (χ3n) is 1.33. The molecule has 1 rings (SSSR count). The largest absolute Gasteiger partial charge is 0.573 e. The molecule has 0 fully saturated rings. The lowest BCUT2D eigenvalue weighted by Gasteiger charge is -2.12. The minimum Gasteiger partial charge on any atom is -0.404 e. The summed E-state index contributed by atoms with van der Waals surface area (Å²) in [6, 6.07) is 0. The Bertz CT molecular complexity index is 352. The lowest BCUT2D eigenvalue weighted by Crippen LogP contribution is -2.19. The van der Waals surface area contributed by atoms with Crippen molar-refractivity contribution >= 4 is 22.6 Å². The summed E-state index contributed by atoms with van der Waals surface area (Å²) >= 11 is 1.41. The molecule has 0 aromatic carbocycles. The van der Waals surface area contributed by atoms with Crippen LogP contribution >= 0.6 is 22.6 Å². The van der Waals surface area contributed by atoms with E-state index in [4.69, 9.17) is 0 Å². The Balaban J connectivity index is 3.13. The van der Waals surface area contributed by atoms with Crippen LogP contribution in [0.3, 0.4) is 0 Å². The van der Waals surface area contributed by atoms with Crippen LogP contribution in [-0.2, 0) is 0 Å². The summed E-state index contributed by atoms with van der Waals surface area (Å²) in [7, 11) is 0. The smallest absolute Gasteiger partial charge is 0.404 e. The molecule has 0 saturated heterocycles. The van der Waals surface area contributed by atoms with E-state index in [0.29, 0.717) is 0 Å². The van der Waals surface area contributed by atoms with E-state index in [0.717, 1.165) is 6.20 Å². The molecule has 7 heteroatoms. The van der Waals surface area contributed by atoms with Gasteiger partial charge in [-0.3, -0.25) is 0 Å². The van der Waals surface area contributed by atoms with Crippen molar-refractivity contribution in [2.75, 3.05) is 0 Å². The van der Waals surface area contributed by atoms with Gasteiger partial charge in [0.25, 0.3) is 0 Å². The average molecular weight is 321 g/mol. The molecule has 0 atom stereocenters. The van der Waals surface area contributed by atoms with Crippen molar-refractivity contribution in [3.05, 3.63) is 21.3 Å². The highest BCUT2D eigenvalue weighted by Gasteiger charge is 2.33. The molecule has 0 bridgehead atoms. The standard InChI is InChI=1S/C7H4F4INO/c1-3-2-13-6(8)4(12)5(3)14-7(9,10)11/h2H,1H3. The topological polar surface area (TPSA) is 22.1 Å². The van der Waals surface area contributed by atoms with Crippen LogP contribution in [0, 0.1) is 16.4 Å². The zero-order valence-electron chi connectivity index (χ0n) is 6.82. The number of rotatable bonds is 1. The Labute approximate surface area is 90.4 Å². The van der Waals surface area contributed by atoms with Gasteiger partial charge in [0.15, 0.2) is 5.75 Å². The van der Waals surface area contributed by atoms with E-state index >= 15 is 0 Å². The van der Waals surface area contributed by atoms with E-state index in [2.05, 4.69) is 9.72 Å². The van der Waals surface area contributed by atoms with E-state index in [1.54, 1.807) is 0 Å². The van der Waals surface area contributed by atoms with Crippen molar-refractivity contribution in [1.29, 1.82) is 0 Å². The van der Waals surface area contributed by atoms with E-state index in [1.165, 1.54) is 29.5 Å². The number of ether oxygens (including phenoxy) is 1. The van der Waals surface area contributed by atoms with Crippen LogP contribution in [0.1, 0.15) is 5.56 Å². The van der Waals surface area contributed by atoms with Crippen LogP contribution in [0.25, 0.3) is 0 Å². The maximum Gasteiger partial charge on any atom is 0.573 e. The van der Waals surface area contributed by atoms with Gasteiger partial charge in [-0.2, -0.15) is 4.39 Å². The average Bonchev–Trinajstić information content (AvgIpc) is 2.04. The summed E-state index contributed by atoms with van der Waals surface area (Å²) in [5.41, 5.74) is 0.133. The van der Waals surface area contributed by atoms with E-state index in [1.807, 2.05) is 0 Å². The predicted octanol–water partition coefficient (Wildman–Crippen LogP) is 3.03. The SMILES string of the molecule is Cc1cnc(F)c(I)c1OC(F)(F)F. The summed E-state index contributed by atoms with van der Waals surface area (Å²) in [6.45, 7) is 1.36. The second-order valence-corrected chi connectivity index (χ2v) is 3.50. The van der Waals surface area contributed by atoms with Crippen LogP contribution in [0.5, 0.6) is 5.75 Å². The summed E-state index contributed by atoms with van der Waals surface area (Å²) in [6.07, 6.45) is -3.84. The molecule has 0 N–H and O–H groups in total. The van der Waals surface area contributed by atoms with Crippen molar-refractivity contribution in [2.45, 2.75) is 13.3 Å². The molecule has 78 valence electrons. The number of hydrogen-bond acceptors (Lipinski definition) is 2. The molecular weight excluding hydrogens is 317 g/mol. The minimum absolute atomic E-state index is 0.133. The molecule has 0 spiro atoms. The summed E-state index contributed by atoms with van der Waals surface area (Å²) in [5, 5.41) is 0. The lowest BCUT2D eigenvalue weighted by atomic mass is 10.3. The zero-order chi connectivity index (χ0) is 10.9. The molecule has 1 aromatic heterocycles. The van der Waals surface area contributed by atoms with Crippen molar-refractivity contribution in [3.8, 4) is 5.75 Å². The molecule has 0 aliphatic heterocycles. The first-order valence-corrected chi connectivity index (χ1v) is 4.45. The van der Waals surface area contributed by atoms with Crippen LogP contribution in [0.15, 0.2) is 6.20 Å². The maximum absolute atomic E-state index is 12.8. The van der Waals surface area contributed by atoms with Gasteiger partial charge in [0.05, 0.1) is 0 Å². The fourth-order valence-electron chi connectivity index (χ4n) is 0.777. The molecule has 0 unspecified atom stereocenters. The summed E-state index contributed by atoms with van der Waals surface area (Å²) < 4.78 is 51.7. The van der Waals surface area contributed by atoms with Gasteiger partial charge < -0.3 is 4.74 Å². The molecule has 2 nitrogen and oxygen atoms in total. The molecule has 0 amide bonds. The number of halogens is 5. The molecule has 0 saturated carbocycles. The van der Waals surface area contributed by atoms with Gasteiger partial charge in [-0.15, -0.1) is 13.2 Å². The monoisotopic (exact) mass is 321 g/mol. The maximum atomic E-state index is 12.8. The third-order valence-corrected chi connectivity index (χ3v) is 2.26. The van der Waals surface area contributed by atoms with E-state index in [9.17, 15) is 17.6 Å². The number of nitrogens with zero attached hydrogens (tertiary/aromatic N) is 1. The number of hydrogen-bond donors (Lipinski definition) is 0. The normalized spacial score (nSPS) is 11.6. The number of alkyl halides is 3. The van der Waals surface area contributed by atoms with Crippen LogP contribution in [0.4, 0.5) is 17.6 Å². The number of aromatic nitrogens is 1. The Morgan fingerprint density at radius 3 is 2.50 bits per heavy atom. The Kier molecular flexibility index (Phi) is 3.17. The van der Waals surface area contributed by atoms with Gasteiger partial charge >= 0.3 is 6.36 Å². The number of aryl methyl sites for hydroxylation is 1. The van der Waals surface area contributed by atoms with E-state index in [-0.39, 0.29) is 9.13 Å². The van der Waals surface area contributed by atoms with E-state index < -0.39 is 18.1 Å². The van der Waals surface area contributed by atoms with Crippen LogP contribution in [0.2, 0.25) is 0 Å². The fourth-order valence-corrected chi connectivity index (χ4v) is 1.45. The molecule has 1 heterocycles. The molecule has 0 radical (unpaired) electrons. The minimum atomic E-state index is -4.82. The second kappa shape index (κ2) is 3.87. The van der Waals surface area contributed by atoms with Crippen molar-refractivity contribution in [3.63, 3.8) is 0 Å². The highest BCUT2D eigenvalue weighted by molar-refractivity contribution is 14.1. The van der Waals surface area contributed by atoms with Crippen molar-refractivity contribution < 1.29 is 22.3 Å². The fraction of sp³-hybridized carbons (Fsp3) is 0.286. The first kappa shape index (κ1) is 11.5. The van der Waals surface area contributed by atoms with Gasteiger partial charge in [0.2, 0.25) is 5.95 Å². The Morgan fingerprint density at radius 2 is 2.00 bits per heavy atom. The quantitative estimate of drug-likeness (QED) is 0.451. The highest BCUT2D eigenvalue weighted by atomic mass is 127. The predicted molar refractivity (Wildman–Crippen MR) is 48.3 cm³/mol. The molecule has 14 heavy (non-hydrogen) atoms. The first-order valence-electron chi connectivity index (χ1n) is 3.37. The first-order chi connectivity index (χ1) is 6.31. The van der Waals surface area contributed by atoms with Gasteiger partial charge in [-0.05, 0) is 29.5 Å². The zero-order valence-corrected chi connectivity index (χ0v) is 8.98. The molecule has 1 aromatic rings. The number of pyridine rings is 1. The Hall–Kier alpha value is -0.600. The Morgan fingerprint density at radius 1 is 1.43 bits per heavy atom. The van der Waals surface area contributed by atoms with Crippen LogP contribution < -0.4 is 4.74 Å². The van der Waals surface area contributed by atoms with Crippen molar-refractivity contribution in [1.82, 2.24) is 4.98 Å². The van der Waals surface area contributed by atoms with Gasteiger partial charge in [-0.1, -0.05) is 0 Å². The van der Waals surface area contributed by atoms with Gasteiger partial charge in [-0.25, -0.2) is 4.98 Å². The van der Waals surface area contributed by atoms with Gasteiger partial charge in [0, 0.05) is 11.8 Å². The summed E-state index contributed by atoms with van der Waals surface area (Å²) in [5.74, 6) is -1.51. The van der Waals surface area contributed by atoms with Crippen LogP contribution in [-0.4, -0.2) is 11.3 Å². The highest BCUT2D eigenvalue weighted by Crippen LogP contribution is 2.31. The second-order valence-electron chi connectivity index (χ2n) is 2.42. The molecular formula is C7H4F4INO. The lowest BCUT2D eigenvalue weighted by molar-refractivity contribution is -0.275. The summed E-state index contributed by atoms with van der Waals surface area (Å²) in [4.78, 5) is 3.25.